The Morgan fingerprint density at radius 3 is 2.78 bits per heavy atom. The van der Waals surface area contributed by atoms with E-state index in [2.05, 4.69) is 15.3 Å². The molecule has 0 spiro atoms. The van der Waals surface area contributed by atoms with Gasteiger partial charge >= 0.3 is 0 Å². The Morgan fingerprint density at radius 1 is 1.07 bits per heavy atom. The fourth-order valence-electron chi connectivity index (χ4n) is 3.64. The number of benzene rings is 1. The van der Waals surface area contributed by atoms with E-state index >= 15 is 0 Å². The van der Waals surface area contributed by atoms with Crippen molar-refractivity contribution >= 4 is 33.3 Å². The largest absolute Gasteiger partial charge is 0.338 e. The van der Waals surface area contributed by atoms with Gasteiger partial charge in [0, 0.05) is 11.1 Å². The Kier molecular flexibility index (Phi) is 3.98. The van der Waals surface area contributed by atoms with Crippen LogP contribution in [0.4, 0.5) is 5.00 Å². The van der Waals surface area contributed by atoms with E-state index in [1.165, 1.54) is 23.3 Å². The minimum Gasteiger partial charge on any atom is -0.338 e. The number of anilines is 1. The number of nitrogens with one attached hydrogen (secondary N) is 2. The molecular formula is C21H18N4OS. The first-order valence-electron chi connectivity index (χ1n) is 9.11. The third-order valence-electron chi connectivity index (χ3n) is 4.92. The van der Waals surface area contributed by atoms with Crippen molar-refractivity contribution in [2.75, 3.05) is 5.32 Å². The standard InChI is InChI=1S/C21H18N4OS/c26-20(16-10-5-6-12-22-16)25-21-18(13-7-1-4-11-17(13)27-21)19-23-14-8-2-3-9-15(14)24-19/h2-3,5-6,8-10,12H,1,4,7,11H2,(H,23,24)(H,25,26). The van der Waals surface area contributed by atoms with E-state index in [0.29, 0.717) is 5.69 Å². The Hall–Kier alpha value is -2.99. The van der Waals surface area contributed by atoms with Crippen molar-refractivity contribution in [2.45, 2.75) is 25.7 Å². The van der Waals surface area contributed by atoms with Crippen LogP contribution in [0, 0.1) is 0 Å². The monoisotopic (exact) mass is 374 g/mol. The summed E-state index contributed by atoms with van der Waals surface area (Å²) in [6.07, 6.45) is 6.09. The summed E-state index contributed by atoms with van der Waals surface area (Å²) in [5, 5.41) is 3.94. The van der Waals surface area contributed by atoms with Crippen LogP contribution in [0.25, 0.3) is 22.4 Å². The van der Waals surface area contributed by atoms with Gasteiger partial charge in [-0.3, -0.25) is 9.78 Å². The zero-order valence-electron chi connectivity index (χ0n) is 14.7. The predicted molar refractivity (Wildman–Crippen MR) is 108 cm³/mol. The van der Waals surface area contributed by atoms with Gasteiger partial charge in [0.05, 0.1) is 16.6 Å². The van der Waals surface area contributed by atoms with Gasteiger partial charge in [-0.2, -0.15) is 0 Å². The van der Waals surface area contributed by atoms with Gasteiger partial charge < -0.3 is 10.3 Å². The Labute approximate surface area is 160 Å². The summed E-state index contributed by atoms with van der Waals surface area (Å²) in [7, 11) is 0. The van der Waals surface area contributed by atoms with Gasteiger partial charge in [0.25, 0.3) is 5.91 Å². The molecule has 5 nitrogen and oxygen atoms in total. The second kappa shape index (κ2) is 6.63. The van der Waals surface area contributed by atoms with Gasteiger partial charge in [0.1, 0.15) is 16.5 Å². The molecule has 134 valence electrons. The molecule has 2 N–H and O–H groups in total. The number of aromatic nitrogens is 3. The summed E-state index contributed by atoms with van der Waals surface area (Å²) in [4.78, 5) is 26.4. The van der Waals surface area contributed by atoms with Gasteiger partial charge in [-0.15, -0.1) is 11.3 Å². The highest BCUT2D eigenvalue weighted by molar-refractivity contribution is 7.17. The number of aryl methyl sites for hydroxylation is 1. The Bertz CT molecular complexity index is 1100. The number of thiophene rings is 1. The second-order valence-corrected chi connectivity index (χ2v) is 7.79. The number of hydrogen-bond donors (Lipinski definition) is 2. The molecule has 0 saturated heterocycles. The molecule has 4 aromatic rings. The van der Waals surface area contributed by atoms with Crippen molar-refractivity contribution in [3.05, 3.63) is 64.8 Å². The highest BCUT2D eigenvalue weighted by atomic mass is 32.1. The number of fused-ring (bicyclic) bond motifs is 2. The van der Waals surface area contributed by atoms with Crippen LogP contribution in [-0.2, 0) is 12.8 Å². The van der Waals surface area contributed by atoms with Crippen LogP contribution in [0.1, 0.15) is 33.8 Å². The number of imidazole rings is 1. The molecule has 3 aromatic heterocycles. The van der Waals surface area contributed by atoms with Gasteiger partial charge in [0.15, 0.2) is 0 Å². The van der Waals surface area contributed by atoms with Gasteiger partial charge in [0.2, 0.25) is 0 Å². The number of carbonyl (C=O) groups excluding carboxylic acids is 1. The molecule has 0 aliphatic heterocycles. The quantitative estimate of drug-likeness (QED) is 0.540. The molecule has 0 unspecified atom stereocenters. The number of aromatic amines is 1. The van der Waals surface area contributed by atoms with Crippen molar-refractivity contribution in [1.82, 2.24) is 15.0 Å². The first kappa shape index (κ1) is 16.2. The van der Waals surface area contributed by atoms with E-state index in [1.807, 2.05) is 30.3 Å². The molecule has 0 atom stereocenters. The summed E-state index contributed by atoms with van der Waals surface area (Å²) in [6.45, 7) is 0. The fraction of sp³-hybridized carbons (Fsp3) is 0.190. The lowest BCUT2D eigenvalue weighted by Crippen LogP contribution is -2.13. The average Bonchev–Trinajstić information content (AvgIpc) is 3.29. The summed E-state index contributed by atoms with van der Waals surface area (Å²) < 4.78 is 0. The number of pyridine rings is 1. The number of amides is 1. The molecule has 5 rings (SSSR count). The normalized spacial score (nSPS) is 13.5. The maximum atomic E-state index is 12.7. The number of carbonyl (C=O) groups is 1. The molecule has 1 aromatic carbocycles. The molecule has 6 heteroatoms. The average molecular weight is 374 g/mol. The van der Waals surface area contributed by atoms with Gasteiger partial charge in [-0.25, -0.2) is 4.98 Å². The highest BCUT2D eigenvalue weighted by Gasteiger charge is 2.25. The topological polar surface area (TPSA) is 70.7 Å². The van der Waals surface area contributed by atoms with E-state index in [1.54, 1.807) is 29.7 Å². The molecule has 3 heterocycles. The third-order valence-corrected chi connectivity index (χ3v) is 6.13. The van der Waals surface area contributed by atoms with Crippen LogP contribution < -0.4 is 5.32 Å². The number of rotatable bonds is 3. The fourth-order valence-corrected chi connectivity index (χ4v) is 4.93. The molecule has 1 aliphatic carbocycles. The molecular weight excluding hydrogens is 356 g/mol. The SMILES string of the molecule is O=C(Nc1sc2c(c1-c1nc3ccccc3[nH]1)CCCC2)c1ccccn1. The van der Waals surface area contributed by atoms with E-state index in [9.17, 15) is 4.79 Å². The van der Waals surface area contributed by atoms with Crippen LogP contribution in [0.3, 0.4) is 0 Å². The highest BCUT2D eigenvalue weighted by Crippen LogP contribution is 2.43. The number of nitrogens with zero attached hydrogens (tertiary/aromatic N) is 2. The minimum absolute atomic E-state index is 0.188. The number of H-pyrrole nitrogens is 1. The lowest BCUT2D eigenvalue weighted by atomic mass is 9.95. The van der Waals surface area contributed by atoms with Crippen LogP contribution in [0.2, 0.25) is 0 Å². The third kappa shape index (κ3) is 2.92. The first-order valence-corrected chi connectivity index (χ1v) is 9.93. The van der Waals surface area contributed by atoms with Gasteiger partial charge in [-0.05, 0) is 55.5 Å². The molecule has 1 aliphatic rings. The molecule has 0 fully saturated rings. The van der Waals surface area contributed by atoms with E-state index in [-0.39, 0.29) is 5.91 Å². The van der Waals surface area contributed by atoms with E-state index in [4.69, 9.17) is 4.98 Å². The van der Waals surface area contributed by atoms with Crippen LogP contribution in [0.5, 0.6) is 0 Å². The van der Waals surface area contributed by atoms with Crippen molar-refractivity contribution in [3.63, 3.8) is 0 Å². The summed E-state index contributed by atoms with van der Waals surface area (Å²) in [6, 6.07) is 13.4. The van der Waals surface area contributed by atoms with Crippen LogP contribution >= 0.6 is 11.3 Å². The van der Waals surface area contributed by atoms with Crippen molar-refractivity contribution in [3.8, 4) is 11.4 Å². The molecule has 27 heavy (non-hydrogen) atoms. The molecule has 0 saturated carbocycles. The number of hydrogen-bond acceptors (Lipinski definition) is 4. The smallest absolute Gasteiger partial charge is 0.274 e. The van der Waals surface area contributed by atoms with E-state index in [0.717, 1.165) is 40.3 Å². The van der Waals surface area contributed by atoms with Crippen LogP contribution in [0.15, 0.2) is 48.7 Å². The molecule has 1 amide bonds. The number of para-hydroxylation sites is 2. The summed E-state index contributed by atoms with van der Waals surface area (Å²) in [5.74, 6) is 0.637. The summed E-state index contributed by atoms with van der Waals surface area (Å²) >= 11 is 1.67. The van der Waals surface area contributed by atoms with Crippen molar-refractivity contribution < 1.29 is 4.79 Å². The van der Waals surface area contributed by atoms with Gasteiger partial charge in [-0.1, -0.05) is 18.2 Å². The first-order chi connectivity index (χ1) is 13.3. The summed E-state index contributed by atoms with van der Waals surface area (Å²) in [5.41, 5.74) is 4.71. The lowest BCUT2D eigenvalue weighted by Gasteiger charge is -2.12. The van der Waals surface area contributed by atoms with Crippen molar-refractivity contribution in [1.29, 1.82) is 0 Å². The zero-order chi connectivity index (χ0) is 18.2. The lowest BCUT2D eigenvalue weighted by molar-refractivity contribution is 0.102. The minimum atomic E-state index is -0.188. The Morgan fingerprint density at radius 2 is 1.93 bits per heavy atom. The maximum Gasteiger partial charge on any atom is 0.274 e. The Balaban J connectivity index is 1.61. The zero-order valence-corrected chi connectivity index (χ0v) is 15.5. The molecule has 0 radical (unpaired) electrons. The molecule has 0 bridgehead atoms. The predicted octanol–water partition coefficient (Wildman–Crippen LogP) is 4.82. The maximum absolute atomic E-state index is 12.7. The van der Waals surface area contributed by atoms with E-state index < -0.39 is 0 Å². The second-order valence-electron chi connectivity index (χ2n) is 6.69. The van der Waals surface area contributed by atoms with Crippen molar-refractivity contribution in [2.24, 2.45) is 0 Å². The van der Waals surface area contributed by atoms with Crippen LogP contribution in [-0.4, -0.2) is 20.9 Å².